The Balaban J connectivity index is 1.92. The van der Waals surface area contributed by atoms with Gasteiger partial charge in [-0.25, -0.2) is 0 Å². The van der Waals surface area contributed by atoms with Crippen LogP contribution < -0.4 is 0 Å². The molecule has 0 unspecified atom stereocenters. The highest BCUT2D eigenvalue weighted by Gasteiger charge is 2.65. The minimum Gasteiger partial charge on any atom is -0.468 e. The summed E-state index contributed by atoms with van der Waals surface area (Å²) in [5.74, 6) is -0.322. The Bertz CT molecular complexity index is 455. The molecule has 98 valence electrons. The summed E-state index contributed by atoms with van der Waals surface area (Å²) in [5.41, 5.74) is 2.33. The van der Waals surface area contributed by atoms with E-state index >= 15 is 0 Å². The van der Waals surface area contributed by atoms with Gasteiger partial charge in [0, 0.05) is 24.9 Å². The molecule has 3 aliphatic rings. The van der Waals surface area contributed by atoms with Gasteiger partial charge in [0.2, 0.25) is 6.41 Å². The molecule has 0 aromatic carbocycles. The third kappa shape index (κ3) is 1.44. The Morgan fingerprint density at radius 2 is 1.94 bits per heavy atom. The maximum absolute atomic E-state index is 12.0. The van der Waals surface area contributed by atoms with Gasteiger partial charge < -0.3 is 9.64 Å². The van der Waals surface area contributed by atoms with E-state index in [4.69, 9.17) is 16.3 Å². The molecular weight excluding hydrogens is 254 g/mol. The summed E-state index contributed by atoms with van der Waals surface area (Å²) in [6, 6.07) is 0. The lowest BCUT2D eigenvalue weighted by atomic mass is 9.73. The van der Waals surface area contributed by atoms with Gasteiger partial charge in [-0.2, -0.15) is 0 Å². The maximum atomic E-state index is 12.0. The number of rotatable bonds is 2. The number of nitrogens with zero attached hydrogens (tertiary/aromatic N) is 1. The molecule has 0 radical (unpaired) electrons. The SMILES string of the molecule is COC(=O)[C@@]1(Cl)CC2=C(CN(C=O)C2)CC12CC2. The first-order valence-corrected chi connectivity index (χ1v) is 6.59. The molecule has 1 atom stereocenters. The number of hydrogen-bond acceptors (Lipinski definition) is 3. The van der Waals surface area contributed by atoms with E-state index in [2.05, 4.69) is 0 Å². The molecule has 1 saturated carbocycles. The summed E-state index contributed by atoms with van der Waals surface area (Å²) in [4.78, 5) is 23.7. The highest BCUT2D eigenvalue weighted by molar-refractivity contribution is 6.35. The number of carbonyl (C=O) groups is 2. The second-order valence-electron chi connectivity index (χ2n) is 5.64. The molecular formula is C13H16ClNO3. The number of ether oxygens (including phenoxy) is 1. The summed E-state index contributed by atoms with van der Waals surface area (Å²) in [6.07, 6.45) is 4.19. The van der Waals surface area contributed by atoms with Crippen LogP contribution in [-0.2, 0) is 14.3 Å². The zero-order chi connectivity index (χ0) is 13.0. The maximum Gasteiger partial charge on any atom is 0.327 e. The molecule has 1 spiro atoms. The van der Waals surface area contributed by atoms with E-state index in [-0.39, 0.29) is 11.4 Å². The Morgan fingerprint density at radius 1 is 1.33 bits per heavy atom. The lowest BCUT2D eigenvalue weighted by Gasteiger charge is -2.38. The lowest BCUT2D eigenvalue weighted by molar-refractivity contribution is -0.146. The van der Waals surface area contributed by atoms with E-state index in [0.717, 1.165) is 31.2 Å². The smallest absolute Gasteiger partial charge is 0.327 e. The predicted octanol–water partition coefficient (Wildman–Crippen LogP) is 1.48. The number of esters is 1. The fourth-order valence-corrected chi connectivity index (χ4v) is 3.90. The molecule has 0 saturated heterocycles. The summed E-state index contributed by atoms with van der Waals surface area (Å²) in [6.45, 7) is 1.31. The fourth-order valence-electron chi connectivity index (χ4n) is 3.41. The molecule has 1 heterocycles. The summed E-state index contributed by atoms with van der Waals surface area (Å²) >= 11 is 6.62. The van der Waals surface area contributed by atoms with Crippen LogP contribution in [0.25, 0.3) is 0 Å². The summed E-state index contributed by atoms with van der Waals surface area (Å²) in [7, 11) is 1.39. The third-order valence-corrected chi connectivity index (χ3v) is 5.34. The molecule has 0 N–H and O–H groups in total. The number of amides is 1. The zero-order valence-corrected chi connectivity index (χ0v) is 11.1. The van der Waals surface area contributed by atoms with E-state index in [1.54, 1.807) is 4.90 Å². The van der Waals surface area contributed by atoms with Crippen LogP contribution in [0.1, 0.15) is 25.7 Å². The molecule has 3 rings (SSSR count). The minimum atomic E-state index is -0.917. The molecule has 18 heavy (non-hydrogen) atoms. The van der Waals surface area contributed by atoms with E-state index in [1.165, 1.54) is 12.7 Å². The lowest BCUT2D eigenvalue weighted by Crippen LogP contribution is -2.46. The number of halogens is 1. The molecule has 4 nitrogen and oxygen atoms in total. The quantitative estimate of drug-likeness (QED) is 0.330. The highest BCUT2D eigenvalue weighted by Crippen LogP contribution is 2.66. The fraction of sp³-hybridized carbons (Fsp3) is 0.692. The number of carbonyl (C=O) groups excluding carboxylic acids is 2. The van der Waals surface area contributed by atoms with Gasteiger partial charge in [-0.1, -0.05) is 0 Å². The van der Waals surface area contributed by atoms with Crippen LogP contribution in [0.5, 0.6) is 0 Å². The number of methoxy groups -OCH3 is 1. The van der Waals surface area contributed by atoms with Crippen molar-refractivity contribution < 1.29 is 14.3 Å². The van der Waals surface area contributed by atoms with E-state index in [9.17, 15) is 9.59 Å². The first kappa shape index (κ1) is 12.0. The molecule has 5 heteroatoms. The van der Waals surface area contributed by atoms with Gasteiger partial charge in [-0.3, -0.25) is 9.59 Å². The van der Waals surface area contributed by atoms with Crippen LogP contribution in [0.2, 0.25) is 0 Å². The molecule has 1 amide bonds. The van der Waals surface area contributed by atoms with Crippen LogP contribution in [-0.4, -0.2) is 42.4 Å². The summed E-state index contributed by atoms with van der Waals surface area (Å²) in [5, 5.41) is 0. The van der Waals surface area contributed by atoms with Crippen LogP contribution in [0.4, 0.5) is 0 Å². The molecule has 0 aromatic heterocycles. The van der Waals surface area contributed by atoms with Crippen molar-refractivity contribution >= 4 is 24.0 Å². The average Bonchev–Trinajstić information content (AvgIpc) is 3.04. The van der Waals surface area contributed by atoms with Gasteiger partial charge in [0.25, 0.3) is 0 Å². The second-order valence-corrected chi connectivity index (χ2v) is 6.29. The van der Waals surface area contributed by atoms with Crippen molar-refractivity contribution in [3.63, 3.8) is 0 Å². The molecule has 2 aliphatic carbocycles. The number of hydrogen-bond donors (Lipinski definition) is 0. The van der Waals surface area contributed by atoms with Crippen LogP contribution in [0.3, 0.4) is 0 Å². The van der Waals surface area contributed by atoms with Crippen molar-refractivity contribution in [3.05, 3.63) is 11.1 Å². The van der Waals surface area contributed by atoms with Gasteiger partial charge in [0.1, 0.15) is 0 Å². The second kappa shape index (κ2) is 3.73. The van der Waals surface area contributed by atoms with E-state index < -0.39 is 4.87 Å². The number of alkyl halides is 1. The standard InChI is InChI=1S/C13H16ClNO3/c1-18-11(17)13(14)5-10-7-15(8-16)6-9(10)4-12(13)2-3-12/h8H,2-7H2,1H3/t13-/m0/s1. The van der Waals surface area contributed by atoms with Crippen molar-refractivity contribution in [2.24, 2.45) is 5.41 Å². The van der Waals surface area contributed by atoms with Gasteiger partial charge >= 0.3 is 5.97 Å². The molecule has 1 fully saturated rings. The van der Waals surface area contributed by atoms with Crippen molar-refractivity contribution in [1.82, 2.24) is 4.90 Å². The Kier molecular flexibility index (Phi) is 2.49. The van der Waals surface area contributed by atoms with Crippen molar-refractivity contribution in [1.29, 1.82) is 0 Å². The highest BCUT2D eigenvalue weighted by atomic mass is 35.5. The Labute approximate surface area is 111 Å². The Hall–Kier alpha value is -1.03. The Morgan fingerprint density at radius 3 is 2.44 bits per heavy atom. The van der Waals surface area contributed by atoms with Gasteiger partial charge in [0.05, 0.1) is 7.11 Å². The summed E-state index contributed by atoms with van der Waals surface area (Å²) < 4.78 is 4.89. The largest absolute Gasteiger partial charge is 0.468 e. The van der Waals surface area contributed by atoms with Gasteiger partial charge in [0.15, 0.2) is 4.87 Å². The topological polar surface area (TPSA) is 46.6 Å². The molecule has 0 aromatic rings. The van der Waals surface area contributed by atoms with Crippen molar-refractivity contribution in [2.75, 3.05) is 20.2 Å². The zero-order valence-electron chi connectivity index (χ0n) is 10.4. The monoisotopic (exact) mass is 269 g/mol. The predicted molar refractivity (Wildman–Crippen MR) is 66.2 cm³/mol. The first-order valence-electron chi connectivity index (χ1n) is 6.21. The van der Waals surface area contributed by atoms with Crippen molar-refractivity contribution in [3.8, 4) is 0 Å². The minimum absolute atomic E-state index is 0.126. The van der Waals surface area contributed by atoms with E-state index in [0.29, 0.717) is 19.5 Å². The van der Waals surface area contributed by atoms with E-state index in [1.807, 2.05) is 0 Å². The van der Waals surface area contributed by atoms with Crippen LogP contribution in [0.15, 0.2) is 11.1 Å². The van der Waals surface area contributed by atoms with Gasteiger partial charge in [-0.15, -0.1) is 11.6 Å². The third-order valence-electron chi connectivity index (χ3n) is 4.65. The average molecular weight is 270 g/mol. The van der Waals surface area contributed by atoms with Crippen LogP contribution >= 0.6 is 11.6 Å². The molecule has 0 bridgehead atoms. The van der Waals surface area contributed by atoms with Gasteiger partial charge in [-0.05, 0) is 30.4 Å². The van der Waals surface area contributed by atoms with Crippen LogP contribution in [0, 0.1) is 5.41 Å². The normalized spacial score (nSPS) is 32.4. The molecule has 1 aliphatic heterocycles. The first-order chi connectivity index (χ1) is 8.54. The van der Waals surface area contributed by atoms with Crippen molar-refractivity contribution in [2.45, 2.75) is 30.6 Å².